The molecule has 0 unspecified atom stereocenters. The Bertz CT molecular complexity index is 2990. The molecule has 0 atom stereocenters. The number of rotatable bonds is 9. The molecule has 0 bridgehead atoms. The minimum atomic E-state index is -0.535. The van der Waals surface area contributed by atoms with Crippen LogP contribution in [-0.2, 0) is 5.41 Å². The second kappa shape index (κ2) is 16.2. The fourth-order valence-corrected chi connectivity index (χ4v) is 8.87. The van der Waals surface area contributed by atoms with Crippen LogP contribution in [0.3, 0.4) is 0 Å². The van der Waals surface area contributed by atoms with E-state index in [-0.39, 0.29) is 0 Å². The highest BCUT2D eigenvalue weighted by molar-refractivity contribution is 6.06. The van der Waals surface area contributed by atoms with Crippen molar-refractivity contribution in [3.8, 4) is 0 Å². The lowest BCUT2D eigenvalue weighted by molar-refractivity contribution is 0.669. The molecule has 7 aromatic carbocycles. The lowest BCUT2D eigenvalue weighted by atomic mass is 9.66. The van der Waals surface area contributed by atoms with Gasteiger partial charge in [-0.2, -0.15) is 0 Å². The number of hydrogen-bond donors (Lipinski definition) is 0. The second-order valence-corrected chi connectivity index (χ2v) is 15.0. The molecule has 0 saturated carbocycles. The molecule has 0 N–H and O–H groups in total. The molecule has 0 aliphatic heterocycles. The Morgan fingerprint density at radius 3 is 1.92 bits per heavy atom. The van der Waals surface area contributed by atoms with Crippen LogP contribution in [0.4, 0.5) is 5.69 Å². The molecule has 2 heteroatoms. The molecule has 284 valence electrons. The van der Waals surface area contributed by atoms with Crippen LogP contribution in [0.5, 0.6) is 0 Å². The van der Waals surface area contributed by atoms with Gasteiger partial charge in [0.2, 0.25) is 0 Å². The van der Waals surface area contributed by atoms with Crippen molar-refractivity contribution in [1.29, 1.82) is 0 Å². The topological polar surface area (TPSA) is 16.4 Å². The zero-order valence-corrected chi connectivity index (χ0v) is 33.4. The van der Waals surface area contributed by atoms with Crippen LogP contribution in [0.25, 0.3) is 43.9 Å². The Labute approximate surface area is 347 Å². The summed E-state index contributed by atoms with van der Waals surface area (Å²) >= 11 is 0. The number of allylic oxidation sites excluding steroid dienone is 8. The van der Waals surface area contributed by atoms with E-state index < -0.39 is 5.41 Å². The van der Waals surface area contributed by atoms with Gasteiger partial charge in [0.1, 0.15) is 11.2 Å². The lowest BCUT2D eigenvalue weighted by Crippen LogP contribution is -2.30. The minimum absolute atomic E-state index is 0.535. The zero-order valence-electron chi connectivity index (χ0n) is 33.4. The van der Waals surface area contributed by atoms with Crippen LogP contribution < -0.4 is 4.90 Å². The number of nitrogens with zero attached hydrogens (tertiary/aromatic N) is 1. The molecule has 1 aliphatic carbocycles. The molecule has 0 spiro atoms. The van der Waals surface area contributed by atoms with Crippen molar-refractivity contribution in [2.45, 2.75) is 19.3 Å². The summed E-state index contributed by atoms with van der Waals surface area (Å²) in [5.41, 5.74) is 13.0. The maximum atomic E-state index is 6.20. The van der Waals surface area contributed by atoms with E-state index in [1.807, 2.05) is 18.2 Å². The smallest absolute Gasteiger partial charge is 0.135 e. The summed E-state index contributed by atoms with van der Waals surface area (Å²) in [5, 5.41) is 4.45. The molecule has 59 heavy (non-hydrogen) atoms. The quantitative estimate of drug-likeness (QED) is 0.136. The molecule has 8 aromatic rings. The first-order valence-corrected chi connectivity index (χ1v) is 20.2. The fourth-order valence-electron chi connectivity index (χ4n) is 8.87. The number of hydrogen-bond acceptors (Lipinski definition) is 2. The van der Waals surface area contributed by atoms with Crippen LogP contribution in [0.1, 0.15) is 41.7 Å². The molecule has 1 heterocycles. The maximum Gasteiger partial charge on any atom is 0.135 e. The molecule has 1 aliphatic rings. The van der Waals surface area contributed by atoms with Crippen LogP contribution >= 0.6 is 0 Å². The van der Waals surface area contributed by atoms with Crippen LogP contribution in [0.2, 0.25) is 0 Å². The Balaban J connectivity index is 1.28. The van der Waals surface area contributed by atoms with Gasteiger partial charge in [-0.1, -0.05) is 189 Å². The molecular formula is C57H45NO. The van der Waals surface area contributed by atoms with E-state index in [0.29, 0.717) is 0 Å². The summed E-state index contributed by atoms with van der Waals surface area (Å²) in [5.74, 6) is 0. The standard InChI is InChI=1S/C57H45NO/c1-4-22-43(45-35-36-56-51(40-45)50-31-19-21-34-55(50)59-56)37-38-58(54-33-15-7-5-6-10-23-44-24-16-17-30-49(44)54)41(2)39-53-42(3)48-29-18-20-32-52(48)57(53,46-25-11-8-12-26-46)47-27-13-9-14-28-47/h4-40H,1H2,2-3H3/b6-5?,7-5?,10-6?,15-7?,23-10?,33-15?,38-37+,41-39+,43-22+,44-23?,54-33?,54-49?. The van der Waals surface area contributed by atoms with Gasteiger partial charge in [-0.3, -0.25) is 0 Å². The summed E-state index contributed by atoms with van der Waals surface area (Å²) in [6.07, 6.45) is 10.8. The number of benzene rings is 6. The molecule has 1 aromatic heterocycles. The number of fused-ring (bicyclic) bond motifs is 5. The normalized spacial score (nSPS) is 13.9. The van der Waals surface area contributed by atoms with E-state index in [1.54, 1.807) is 0 Å². The van der Waals surface area contributed by atoms with Crippen molar-refractivity contribution in [3.63, 3.8) is 0 Å². The molecule has 0 amide bonds. The number of furan rings is 1. The monoisotopic (exact) mass is 759 g/mol. The Morgan fingerprint density at radius 2 is 1.17 bits per heavy atom. The van der Waals surface area contributed by atoms with Crippen molar-refractivity contribution < 1.29 is 4.42 Å². The van der Waals surface area contributed by atoms with Crippen molar-refractivity contribution in [2.75, 3.05) is 4.90 Å². The third kappa shape index (κ3) is 6.79. The van der Waals surface area contributed by atoms with Crippen molar-refractivity contribution in [2.24, 2.45) is 0 Å². The van der Waals surface area contributed by atoms with Crippen molar-refractivity contribution in [3.05, 3.63) is 270 Å². The maximum absolute atomic E-state index is 6.20. The molecule has 0 fully saturated rings. The zero-order chi connectivity index (χ0) is 40.2. The SMILES string of the molecule is C=C/C=C(\C=C\N(/C(C)=C/C1=C(C)c2ccccc2C1(c1ccccc1)c1ccccc1)c1cccccccc2ccccc12)c1ccc2oc3ccccc3c2c1. The van der Waals surface area contributed by atoms with Crippen molar-refractivity contribution in [1.82, 2.24) is 0 Å². The van der Waals surface area contributed by atoms with Gasteiger partial charge >= 0.3 is 0 Å². The lowest BCUT2D eigenvalue weighted by Gasteiger charge is -2.35. The first-order chi connectivity index (χ1) is 29.1. The first-order valence-electron chi connectivity index (χ1n) is 20.2. The van der Waals surface area contributed by atoms with E-state index >= 15 is 0 Å². The van der Waals surface area contributed by atoms with Gasteiger partial charge in [0.25, 0.3) is 0 Å². The van der Waals surface area contributed by atoms with Crippen LogP contribution in [-0.4, -0.2) is 0 Å². The van der Waals surface area contributed by atoms with Gasteiger partial charge < -0.3 is 9.32 Å². The van der Waals surface area contributed by atoms with Crippen LogP contribution in [0.15, 0.2) is 247 Å². The van der Waals surface area contributed by atoms with Gasteiger partial charge in [-0.25, -0.2) is 0 Å². The molecular weight excluding hydrogens is 715 g/mol. The van der Waals surface area contributed by atoms with Gasteiger partial charge in [0.05, 0.1) is 11.1 Å². The number of anilines is 1. The Hall–Kier alpha value is -7.42. The van der Waals surface area contributed by atoms with Gasteiger partial charge in [-0.05, 0) is 100 Å². The predicted molar refractivity (Wildman–Crippen MR) is 251 cm³/mol. The van der Waals surface area contributed by atoms with Crippen molar-refractivity contribution >= 4 is 49.5 Å². The fraction of sp³-hybridized carbons (Fsp3) is 0.0526. The third-order valence-electron chi connectivity index (χ3n) is 11.6. The highest BCUT2D eigenvalue weighted by Crippen LogP contribution is 2.55. The average molecular weight is 760 g/mol. The third-order valence-corrected chi connectivity index (χ3v) is 11.6. The second-order valence-electron chi connectivity index (χ2n) is 15.0. The first kappa shape index (κ1) is 37.2. The minimum Gasteiger partial charge on any atom is -0.456 e. The molecule has 0 saturated heterocycles. The summed E-state index contributed by atoms with van der Waals surface area (Å²) < 4.78 is 6.20. The number of para-hydroxylation sites is 1. The highest BCUT2D eigenvalue weighted by atomic mass is 16.3. The van der Waals surface area contributed by atoms with E-state index in [2.05, 4.69) is 232 Å². The van der Waals surface area contributed by atoms with E-state index in [0.717, 1.165) is 55.2 Å². The summed E-state index contributed by atoms with van der Waals surface area (Å²) in [6, 6.07) is 69.0. The molecule has 9 rings (SSSR count). The van der Waals surface area contributed by atoms with Gasteiger partial charge in [-0.15, -0.1) is 0 Å². The average Bonchev–Trinajstić information content (AvgIpc) is 3.78. The van der Waals surface area contributed by atoms with Gasteiger partial charge in [0.15, 0.2) is 0 Å². The molecule has 2 nitrogen and oxygen atoms in total. The van der Waals surface area contributed by atoms with Crippen LogP contribution in [0, 0.1) is 0 Å². The van der Waals surface area contributed by atoms with E-state index in [4.69, 9.17) is 4.42 Å². The molecule has 0 radical (unpaired) electrons. The van der Waals surface area contributed by atoms with Gasteiger partial charge in [0, 0.05) is 28.1 Å². The largest absolute Gasteiger partial charge is 0.456 e. The summed E-state index contributed by atoms with van der Waals surface area (Å²) in [4.78, 5) is 2.34. The Kier molecular flexibility index (Phi) is 10.2. The highest BCUT2D eigenvalue weighted by Gasteiger charge is 2.46. The van der Waals surface area contributed by atoms with E-state index in [1.165, 1.54) is 33.4 Å². The van der Waals surface area contributed by atoms with E-state index in [9.17, 15) is 0 Å². The summed E-state index contributed by atoms with van der Waals surface area (Å²) in [6.45, 7) is 8.64. The Morgan fingerprint density at radius 1 is 0.593 bits per heavy atom. The predicted octanol–water partition coefficient (Wildman–Crippen LogP) is 15.2. The summed E-state index contributed by atoms with van der Waals surface area (Å²) in [7, 11) is 0.